The molecule has 2 aromatic rings. The zero-order chi connectivity index (χ0) is 12.7. The van der Waals surface area contributed by atoms with Crippen molar-refractivity contribution in [2.45, 2.75) is 38.6 Å². The van der Waals surface area contributed by atoms with Crippen molar-refractivity contribution in [2.24, 2.45) is 0 Å². The van der Waals surface area contributed by atoms with E-state index in [4.69, 9.17) is 11.6 Å². The number of imidazole rings is 2. The van der Waals surface area contributed by atoms with E-state index in [0.29, 0.717) is 11.7 Å². The van der Waals surface area contributed by atoms with Crippen LogP contribution in [0.4, 0.5) is 5.82 Å². The Morgan fingerprint density at radius 1 is 1.44 bits per heavy atom. The lowest BCUT2D eigenvalue weighted by Crippen LogP contribution is -2.14. The number of anilines is 1. The van der Waals surface area contributed by atoms with Gasteiger partial charge in [0.05, 0.1) is 18.2 Å². The molecule has 1 aliphatic rings. The van der Waals surface area contributed by atoms with E-state index in [0.717, 1.165) is 43.0 Å². The topological polar surface area (TPSA) is 87.7 Å². The van der Waals surface area contributed by atoms with E-state index < -0.39 is 0 Å². The highest BCUT2D eigenvalue weighted by Crippen LogP contribution is 2.41. The van der Waals surface area contributed by atoms with Gasteiger partial charge in [-0.2, -0.15) is 0 Å². The molecule has 96 valence electrons. The van der Waals surface area contributed by atoms with Crippen molar-refractivity contribution in [1.82, 2.24) is 19.2 Å². The third-order valence-corrected chi connectivity index (χ3v) is 3.34. The lowest BCUT2D eigenvalue weighted by Gasteiger charge is -2.04. The maximum atomic E-state index is 6.06. The summed E-state index contributed by atoms with van der Waals surface area (Å²) in [6, 6.07) is 0. The second kappa shape index (κ2) is 4.04. The van der Waals surface area contributed by atoms with E-state index in [1.165, 1.54) is 4.68 Å². The fourth-order valence-corrected chi connectivity index (χ4v) is 2.22. The largest absolute Gasteiger partial charge is 0.382 e. The molecule has 0 amide bonds. The summed E-state index contributed by atoms with van der Waals surface area (Å²) in [7, 11) is 0. The molecule has 2 aromatic heterocycles. The quantitative estimate of drug-likeness (QED) is 0.797. The lowest BCUT2D eigenvalue weighted by atomic mass is 10.3. The molecule has 0 radical (unpaired) electrons. The number of aryl methyl sites for hydroxylation is 1. The normalized spacial score (nSPS) is 15.2. The van der Waals surface area contributed by atoms with Crippen LogP contribution >= 0.6 is 0 Å². The maximum Gasteiger partial charge on any atom is 0.152 e. The average Bonchev–Trinajstić information content (AvgIpc) is 3.03. The van der Waals surface area contributed by atoms with Crippen LogP contribution in [0.15, 0.2) is 12.5 Å². The van der Waals surface area contributed by atoms with Gasteiger partial charge in [-0.15, -0.1) is 0 Å². The number of hydrogen-bond donors (Lipinski definition) is 2. The molecule has 0 spiro atoms. The summed E-state index contributed by atoms with van der Waals surface area (Å²) in [5, 5.41) is 0. The first-order chi connectivity index (χ1) is 8.72. The Hall–Kier alpha value is -1.98. The third kappa shape index (κ3) is 1.64. The van der Waals surface area contributed by atoms with E-state index in [1.54, 1.807) is 6.20 Å². The zero-order valence-electron chi connectivity index (χ0n) is 10.5. The van der Waals surface area contributed by atoms with Crippen LogP contribution in [0.2, 0.25) is 0 Å². The highest BCUT2D eigenvalue weighted by Gasteiger charge is 2.31. The van der Waals surface area contributed by atoms with Gasteiger partial charge in [0.25, 0.3) is 0 Å². The molecule has 6 heteroatoms. The Morgan fingerprint density at radius 3 is 2.89 bits per heavy atom. The highest BCUT2D eigenvalue weighted by atomic mass is 15.4. The van der Waals surface area contributed by atoms with Gasteiger partial charge in [0.15, 0.2) is 5.82 Å². The summed E-state index contributed by atoms with van der Waals surface area (Å²) in [5.74, 6) is 7.87. The van der Waals surface area contributed by atoms with Gasteiger partial charge < -0.3 is 16.1 Å². The molecule has 1 aliphatic carbocycles. The van der Waals surface area contributed by atoms with Crippen molar-refractivity contribution in [2.75, 3.05) is 11.6 Å². The first kappa shape index (κ1) is 11.1. The number of rotatable bonds is 4. The Morgan fingerprint density at radius 2 is 2.22 bits per heavy atom. The van der Waals surface area contributed by atoms with Crippen molar-refractivity contribution in [3.05, 3.63) is 18.3 Å². The van der Waals surface area contributed by atoms with E-state index >= 15 is 0 Å². The van der Waals surface area contributed by atoms with Gasteiger partial charge in [0.1, 0.15) is 11.5 Å². The number of nitrogen functional groups attached to an aromatic ring is 2. The minimum absolute atomic E-state index is 0.480. The smallest absolute Gasteiger partial charge is 0.152 e. The molecule has 0 atom stereocenters. The fourth-order valence-electron chi connectivity index (χ4n) is 2.22. The number of hydrogen-bond acceptors (Lipinski definition) is 4. The van der Waals surface area contributed by atoms with E-state index in [9.17, 15) is 0 Å². The minimum Gasteiger partial charge on any atom is -0.382 e. The summed E-state index contributed by atoms with van der Waals surface area (Å²) in [6.45, 7) is 3.04. The van der Waals surface area contributed by atoms with E-state index in [-0.39, 0.29) is 0 Å². The molecular weight excluding hydrogens is 228 g/mol. The lowest BCUT2D eigenvalue weighted by molar-refractivity contribution is 0.683. The van der Waals surface area contributed by atoms with Crippen molar-refractivity contribution in [1.29, 1.82) is 0 Å². The Bertz CT molecular complexity index is 563. The maximum absolute atomic E-state index is 6.06. The minimum atomic E-state index is 0.480. The zero-order valence-corrected chi connectivity index (χ0v) is 10.5. The molecule has 0 aromatic carbocycles. The van der Waals surface area contributed by atoms with Crippen LogP contribution in [0.5, 0.6) is 0 Å². The monoisotopic (exact) mass is 246 g/mol. The van der Waals surface area contributed by atoms with Crippen LogP contribution in [0.1, 0.15) is 37.9 Å². The standard InChI is InChI=1S/C12H18N6/c1-2-5-17-7-15-6-9(17)10-11(13)18(14)12(16-10)8-3-4-8/h6-8H,2-5,13-14H2,1H3. The number of nitrogens with two attached hydrogens (primary N) is 2. The predicted molar refractivity (Wildman–Crippen MR) is 70.3 cm³/mol. The first-order valence-electron chi connectivity index (χ1n) is 6.36. The SMILES string of the molecule is CCCn1cncc1-c1nc(C2CC2)n(N)c1N. The molecule has 0 aliphatic heterocycles. The molecule has 18 heavy (non-hydrogen) atoms. The van der Waals surface area contributed by atoms with Crippen molar-refractivity contribution in [3.8, 4) is 11.4 Å². The molecule has 1 saturated carbocycles. The van der Waals surface area contributed by atoms with Crippen molar-refractivity contribution in [3.63, 3.8) is 0 Å². The van der Waals surface area contributed by atoms with Gasteiger partial charge in [-0.3, -0.25) is 0 Å². The van der Waals surface area contributed by atoms with Gasteiger partial charge in [-0.25, -0.2) is 14.6 Å². The highest BCUT2D eigenvalue weighted by molar-refractivity contribution is 5.68. The van der Waals surface area contributed by atoms with Gasteiger partial charge >= 0.3 is 0 Å². The van der Waals surface area contributed by atoms with E-state index in [1.807, 2.05) is 6.33 Å². The van der Waals surface area contributed by atoms with Crippen molar-refractivity contribution < 1.29 is 0 Å². The Kier molecular flexibility index (Phi) is 2.50. The molecule has 0 saturated heterocycles. The summed E-state index contributed by atoms with van der Waals surface area (Å²) in [6.07, 6.45) is 6.96. The summed E-state index contributed by atoms with van der Waals surface area (Å²) in [5.41, 5.74) is 7.76. The van der Waals surface area contributed by atoms with Gasteiger partial charge in [-0.1, -0.05) is 6.92 Å². The van der Waals surface area contributed by atoms with Gasteiger partial charge in [0, 0.05) is 12.5 Å². The second-order valence-corrected chi connectivity index (χ2v) is 4.82. The molecule has 2 heterocycles. The first-order valence-corrected chi connectivity index (χ1v) is 6.36. The van der Waals surface area contributed by atoms with Crippen LogP contribution in [0.3, 0.4) is 0 Å². The third-order valence-electron chi connectivity index (χ3n) is 3.34. The molecule has 6 nitrogen and oxygen atoms in total. The van der Waals surface area contributed by atoms with Crippen LogP contribution in [-0.4, -0.2) is 19.2 Å². The summed E-state index contributed by atoms with van der Waals surface area (Å²) in [4.78, 5) is 8.78. The van der Waals surface area contributed by atoms with E-state index in [2.05, 4.69) is 21.5 Å². The molecule has 4 N–H and O–H groups in total. The van der Waals surface area contributed by atoms with Crippen LogP contribution in [0.25, 0.3) is 11.4 Å². The van der Waals surface area contributed by atoms with Crippen LogP contribution < -0.4 is 11.6 Å². The van der Waals surface area contributed by atoms with Gasteiger partial charge in [-0.05, 0) is 19.3 Å². The summed E-state index contributed by atoms with van der Waals surface area (Å²) < 4.78 is 3.59. The molecular formula is C12H18N6. The summed E-state index contributed by atoms with van der Waals surface area (Å²) >= 11 is 0. The Balaban J connectivity index is 2.05. The van der Waals surface area contributed by atoms with Crippen molar-refractivity contribution >= 4 is 5.82 Å². The number of nitrogens with zero attached hydrogens (tertiary/aromatic N) is 4. The second-order valence-electron chi connectivity index (χ2n) is 4.82. The number of aromatic nitrogens is 4. The molecule has 3 rings (SSSR count). The fraction of sp³-hybridized carbons (Fsp3) is 0.500. The predicted octanol–water partition coefficient (Wildman–Crippen LogP) is 1.33. The molecule has 0 bridgehead atoms. The van der Waals surface area contributed by atoms with Crippen LogP contribution in [-0.2, 0) is 6.54 Å². The molecule has 0 unspecified atom stereocenters. The van der Waals surface area contributed by atoms with Crippen LogP contribution in [0, 0.1) is 0 Å². The van der Waals surface area contributed by atoms with Gasteiger partial charge in [0.2, 0.25) is 0 Å². The Labute approximate surface area is 106 Å². The molecule has 1 fully saturated rings. The average molecular weight is 246 g/mol.